The van der Waals surface area contributed by atoms with Gasteiger partial charge in [-0.15, -0.1) is 0 Å². The molecule has 1 rings (SSSR count). The van der Waals surface area contributed by atoms with Crippen LogP contribution < -0.4 is 0 Å². The van der Waals surface area contributed by atoms with Crippen LogP contribution in [-0.4, -0.2) is 16.1 Å². The number of halogens is 1. The highest BCUT2D eigenvalue weighted by atomic mass is 35.5. The van der Waals surface area contributed by atoms with Crippen LogP contribution >= 0.6 is 11.6 Å². The molecule has 0 radical (unpaired) electrons. The van der Waals surface area contributed by atoms with E-state index in [2.05, 4.69) is 4.98 Å². The maximum Gasteiger partial charge on any atom is 0.335 e. The summed E-state index contributed by atoms with van der Waals surface area (Å²) >= 11 is 5.73. The monoisotopic (exact) mass is 213 g/mol. The van der Waals surface area contributed by atoms with Gasteiger partial charge < -0.3 is 5.11 Å². The van der Waals surface area contributed by atoms with Crippen LogP contribution in [0.4, 0.5) is 0 Å². The Morgan fingerprint density at radius 3 is 2.43 bits per heavy atom. The largest absolute Gasteiger partial charge is 0.478 e. The first-order chi connectivity index (χ1) is 6.30. The molecule has 0 fully saturated rings. The molecule has 1 aromatic rings. The summed E-state index contributed by atoms with van der Waals surface area (Å²) in [6.07, 6.45) is 0. The molecule has 0 amide bonds. The van der Waals surface area contributed by atoms with Crippen LogP contribution in [0.2, 0.25) is 5.15 Å². The van der Waals surface area contributed by atoms with Crippen LogP contribution in [-0.2, 0) is 5.41 Å². The summed E-state index contributed by atoms with van der Waals surface area (Å²) in [6.45, 7) is 5.87. The molecule has 1 aromatic heterocycles. The first-order valence-electron chi connectivity index (χ1n) is 4.22. The van der Waals surface area contributed by atoms with Gasteiger partial charge in [-0.25, -0.2) is 9.78 Å². The van der Waals surface area contributed by atoms with Gasteiger partial charge in [-0.3, -0.25) is 0 Å². The Morgan fingerprint density at radius 2 is 2.00 bits per heavy atom. The van der Waals surface area contributed by atoms with Gasteiger partial charge in [-0.05, 0) is 12.1 Å². The van der Waals surface area contributed by atoms with Gasteiger partial charge in [-0.1, -0.05) is 32.4 Å². The first kappa shape index (κ1) is 11.0. The second kappa shape index (κ2) is 3.58. The van der Waals surface area contributed by atoms with Crippen molar-refractivity contribution in [3.63, 3.8) is 0 Å². The molecule has 14 heavy (non-hydrogen) atoms. The highest BCUT2D eigenvalue weighted by Crippen LogP contribution is 2.23. The fourth-order valence-electron chi connectivity index (χ4n) is 1.00. The molecule has 0 unspecified atom stereocenters. The van der Waals surface area contributed by atoms with E-state index >= 15 is 0 Å². The molecule has 4 heteroatoms. The van der Waals surface area contributed by atoms with Gasteiger partial charge in [0.05, 0.1) is 5.56 Å². The highest BCUT2D eigenvalue weighted by molar-refractivity contribution is 6.29. The van der Waals surface area contributed by atoms with Crippen molar-refractivity contribution < 1.29 is 9.90 Å². The minimum atomic E-state index is -0.986. The Balaban J connectivity index is 3.28. The molecule has 0 atom stereocenters. The minimum absolute atomic E-state index is 0.176. The Kier molecular flexibility index (Phi) is 2.81. The summed E-state index contributed by atoms with van der Waals surface area (Å²) in [6, 6.07) is 2.90. The van der Waals surface area contributed by atoms with E-state index in [1.165, 1.54) is 6.07 Å². The molecule has 0 aliphatic carbocycles. The molecule has 0 aromatic carbocycles. The van der Waals surface area contributed by atoms with Gasteiger partial charge in [0, 0.05) is 11.1 Å². The van der Waals surface area contributed by atoms with Crippen molar-refractivity contribution in [1.29, 1.82) is 0 Å². The Labute approximate surface area is 87.7 Å². The third kappa shape index (κ3) is 2.45. The third-order valence-electron chi connectivity index (χ3n) is 1.81. The zero-order chi connectivity index (χ0) is 10.9. The highest BCUT2D eigenvalue weighted by Gasteiger charge is 2.18. The third-order valence-corrected chi connectivity index (χ3v) is 2.00. The predicted molar refractivity (Wildman–Crippen MR) is 54.9 cm³/mol. The van der Waals surface area contributed by atoms with E-state index in [1.54, 1.807) is 6.07 Å². The van der Waals surface area contributed by atoms with Crippen molar-refractivity contribution >= 4 is 17.6 Å². The van der Waals surface area contributed by atoms with Gasteiger partial charge in [0.2, 0.25) is 0 Å². The van der Waals surface area contributed by atoms with Crippen molar-refractivity contribution in [2.75, 3.05) is 0 Å². The van der Waals surface area contributed by atoms with Crippen LogP contribution in [0.1, 0.15) is 36.8 Å². The van der Waals surface area contributed by atoms with E-state index in [9.17, 15) is 4.79 Å². The molecular weight excluding hydrogens is 202 g/mol. The van der Waals surface area contributed by atoms with Gasteiger partial charge in [-0.2, -0.15) is 0 Å². The lowest BCUT2D eigenvalue weighted by Crippen LogP contribution is -2.15. The molecule has 0 spiro atoms. The summed E-state index contributed by atoms with van der Waals surface area (Å²) in [7, 11) is 0. The van der Waals surface area contributed by atoms with Crippen LogP contribution in [0.25, 0.3) is 0 Å². The Hall–Kier alpha value is -1.09. The number of nitrogens with zero attached hydrogens (tertiary/aromatic N) is 1. The molecule has 0 saturated carbocycles. The van der Waals surface area contributed by atoms with Crippen molar-refractivity contribution in [3.05, 3.63) is 28.5 Å². The zero-order valence-corrected chi connectivity index (χ0v) is 9.09. The maximum absolute atomic E-state index is 10.7. The average Bonchev–Trinajstić information content (AvgIpc) is 2.01. The number of aromatic carboxylic acids is 1. The number of aromatic nitrogens is 1. The number of pyridine rings is 1. The summed E-state index contributed by atoms with van der Waals surface area (Å²) in [4.78, 5) is 14.8. The second-order valence-corrected chi connectivity index (χ2v) is 4.51. The van der Waals surface area contributed by atoms with Gasteiger partial charge in [0.1, 0.15) is 5.15 Å². The summed E-state index contributed by atoms with van der Waals surface area (Å²) in [5.74, 6) is -0.986. The van der Waals surface area contributed by atoms with E-state index in [0.717, 1.165) is 0 Å². The molecule has 76 valence electrons. The SMILES string of the molecule is CC(C)(C)c1cc(C(=O)O)cc(Cl)n1. The first-order valence-corrected chi connectivity index (χ1v) is 4.60. The van der Waals surface area contributed by atoms with Gasteiger partial charge >= 0.3 is 5.97 Å². The van der Waals surface area contributed by atoms with Gasteiger partial charge in [0.15, 0.2) is 0 Å². The standard InChI is InChI=1S/C10H12ClNO2/c1-10(2,3)7-4-6(9(13)14)5-8(11)12-7/h4-5H,1-3H3,(H,13,14). The normalized spacial score (nSPS) is 11.4. The minimum Gasteiger partial charge on any atom is -0.478 e. The Morgan fingerprint density at radius 1 is 1.43 bits per heavy atom. The zero-order valence-electron chi connectivity index (χ0n) is 8.34. The van der Waals surface area contributed by atoms with E-state index in [4.69, 9.17) is 16.7 Å². The molecule has 1 N–H and O–H groups in total. The van der Waals surface area contributed by atoms with Crippen molar-refractivity contribution in [2.24, 2.45) is 0 Å². The molecule has 1 heterocycles. The van der Waals surface area contributed by atoms with E-state index in [1.807, 2.05) is 20.8 Å². The molecular formula is C10H12ClNO2. The predicted octanol–water partition coefficient (Wildman–Crippen LogP) is 2.73. The smallest absolute Gasteiger partial charge is 0.335 e. The van der Waals surface area contributed by atoms with Crippen LogP contribution in [0.5, 0.6) is 0 Å². The van der Waals surface area contributed by atoms with Crippen molar-refractivity contribution in [3.8, 4) is 0 Å². The summed E-state index contributed by atoms with van der Waals surface area (Å²) in [5, 5.41) is 9.03. The molecule has 3 nitrogen and oxygen atoms in total. The quantitative estimate of drug-likeness (QED) is 0.730. The van der Waals surface area contributed by atoms with Crippen LogP contribution in [0.15, 0.2) is 12.1 Å². The number of hydrogen-bond acceptors (Lipinski definition) is 2. The number of rotatable bonds is 1. The maximum atomic E-state index is 10.7. The number of carboxylic acid groups (broad SMARTS) is 1. The van der Waals surface area contributed by atoms with E-state index in [-0.39, 0.29) is 16.1 Å². The van der Waals surface area contributed by atoms with E-state index < -0.39 is 5.97 Å². The van der Waals surface area contributed by atoms with Gasteiger partial charge in [0.25, 0.3) is 0 Å². The molecule has 0 aliphatic heterocycles. The average molecular weight is 214 g/mol. The summed E-state index contributed by atoms with van der Waals surface area (Å²) in [5.41, 5.74) is 0.659. The van der Waals surface area contributed by atoms with Crippen LogP contribution in [0, 0.1) is 0 Å². The summed E-state index contributed by atoms with van der Waals surface area (Å²) < 4.78 is 0. The molecule has 0 aliphatic rings. The van der Waals surface area contributed by atoms with Crippen molar-refractivity contribution in [1.82, 2.24) is 4.98 Å². The fraction of sp³-hybridized carbons (Fsp3) is 0.400. The van der Waals surface area contributed by atoms with Crippen LogP contribution in [0.3, 0.4) is 0 Å². The Bertz CT molecular complexity index is 369. The lowest BCUT2D eigenvalue weighted by atomic mass is 9.91. The lowest BCUT2D eigenvalue weighted by molar-refractivity contribution is 0.0696. The van der Waals surface area contributed by atoms with Crippen molar-refractivity contribution in [2.45, 2.75) is 26.2 Å². The lowest BCUT2D eigenvalue weighted by Gasteiger charge is -2.18. The molecule has 0 saturated heterocycles. The topological polar surface area (TPSA) is 50.2 Å². The second-order valence-electron chi connectivity index (χ2n) is 4.12. The fourth-order valence-corrected chi connectivity index (χ4v) is 1.21. The number of carboxylic acids is 1. The number of carbonyl (C=O) groups is 1. The van der Waals surface area contributed by atoms with E-state index in [0.29, 0.717) is 5.69 Å². The number of hydrogen-bond donors (Lipinski definition) is 1. The molecule has 0 bridgehead atoms.